The number of amides is 2. The number of carbonyl (C=O) groups excluding carboxylic acids is 2. The number of carbonyl (C=O) groups is 2. The lowest BCUT2D eigenvalue weighted by Gasteiger charge is -2.30. The molecule has 2 aliphatic heterocycles. The molecule has 3 aromatic rings. The average Bonchev–Trinajstić information content (AvgIpc) is 3.39. The van der Waals surface area contributed by atoms with Gasteiger partial charge in [0.25, 0.3) is 5.91 Å². The van der Waals surface area contributed by atoms with Crippen molar-refractivity contribution in [2.24, 2.45) is 5.92 Å². The zero-order chi connectivity index (χ0) is 25.6. The highest BCUT2D eigenvalue weighted by Gasteiger charge is 2.61. The van der Waals surface area contributed by atoms with Gasteiger partial charge < -0.3 is 14.2 Å². The van der Waals surface area contributed by atoms with Crippen LogP contribution in [0.15, 0.2) is 60.7 Å². The quantitative estimate of drug-likeness (QED) is 0.477. The van der Waals surface area contributed by atoms with Crippen molar-refractivity contribution in [3.05, 3.63) is 77.4 Å². The van der Waals surface area contributed by atoms with Gasteiger partial charge in [-0.05, 0) is 49.7 Å². The molecular formula is C28H28N2O6. The lowest BCUT2D eigenvalue weighted by molar-refractivity contribution is -0.126. The third kappa shape index (κ3) is 3.56. The molecule has 0 unspecified atom stereocenters. The van der Waals surface area contributed by atoms with Crippen molar-refractivity contribution in [2.75, 3.05) is 31.3 Å². The molecule has 0 N–H and O–H groups in total. The summed E-state index contributed by atoms with van der Waals surface area (Å²) in [4.78, 5) is 35.1. The smallest absolute Gasteiger partial charge is 0.266 e. The van der Waals surface area contributed by atoms with Crippen molar-refractivity contribution in [1.82, 2.24) is 0 Å². The van der Waals surface area contributed by atoms with E-state index in [0.717, 1.165) is 11.1 Å². The second-order valence-corrected chi connectivity index (χ2v) is 8.88. The molecule has 0 spiro atoms. The summed E-state index contributed by atoms with van der Waals surface area (Å²) < 4.78 is 16.8. The topological polar surface area (TPSA) is 77.5 Å². The summed E-state index contributed by atoms with van der Waals surface area (Å²) in [5.41, 5.74) is 3.83. The highest BCUT2D eigenvalue weighted by molar-refractivity contribution is 6.24. The molecule has 5 rings (SSSR count). The molecule has 3 aromatic carbocycles. The Hall–Kier alpha value is -4.04. The fourth-order valence-electron chi connectivity index (χ4n) is 5.18. The van der Waals surface area contributed by atoms with E-state index >= 15 is 0 Å². The van der Waals surface area contributed by atoms with E-state index in [2.05, 4.69) is 0 Å². The van der Waals surface area contributed by atoms with Crippen LogP contribution in [-0.2, 0) is 14.4 Å². The van der Waals surface area contributed by atoms with E-state index in [1.54, 1.807) is 18.2 Å². The van der Waals surface area contributed by atoms with E-state index in [9.17, 15) is 9.59 Å². The molecule has 0 radical (unpaired) electrons. The molecule has 2 heterocycles. The Labute approximate surface area is 209 Å². The van der Waals surface area contributed by atoms with Crippen LogP contribution in [0.1, 0.15) is 22.7 Å². The lowest BCUT2D eigenvalue weighted by Crippen LogP contribution is -2.37. The summed E-state index contributed by atoms with van der Waals surface area (Å²) in [5, 5.41) is 1.63. The summed E-state index contributed by atoms with van der Waals surface area (Å²) in [7, 11) is 4.60. The molecule has 2 saturated heterocycles. The highest BCUT2D eigenvalue weighted by Crippen LogP contribution is 2.52. The number of rotatable bonds is 6. The second kappa shape index (κ2) is 9.20. The number of hydroxylamine groups is 1. The minimum absolute atomic E-state index is 0.322. The Morgan fingerprint density at radius 1 is 0.806 bits per heavy atom. The molecular weight excluding hydrogens is 460 g/mol. The van der Waals surface area contributed by atoms with Crippen LogP contribution < -0.4 is 24.2 Å². The van der Waals surface area contributed by atoms with Crippen LogP contribution in [0, 0.1) is 19.8 Å². The van der Waals surface area contributed by atoms with E-state index in [1.165, 1.54) is 19.1 Å². The molecule has 36 heavy (non-hydrogen) atoms. The van der Waals surface area contributed by atoms with E-state index in [4.69, 9.17) is 19.0 Å². The minimum Gasteiger partial charge on any atom is -0.493 e. The Bertz CT molecular complexity index is 1330. The fourth-order valence-corrected chi connectivity index (χ4v) is 5.18. The molecule has 2 amide bonds. The first-order valence-corrected chi connectivity index (χ1v) is 11.7. The van der Waals surface area contributed by atoms with Crippen molar-refractivity contribution < 1.29 is 28.6 Å². The SMILES string of the molecule is COc1ccc([C@@H]2[C@H]3C(=O)N(c4ccc(C)cc4C)C(=O)[C@H]3ON2c2ccccc2)c(OC)c1OC. The minimum atomic E-state index is -0.985. The molecule has 8 nitrogen and oxygen atoms in total. The zero-order valence-corrected chi connectivity index (χ0v) is 20.8. The van der Waals surface area contributed by atoms with Crippen molar-refractivity contribution >= 4 is 23.2 Å². The molecule has 0 aliphatic carbocycles. The van der Waals surface area contributed by atoms with Crippen molar-refractivity contribution in [3.8, 4) is 17.2 Å². The van der Waals surface area contributed by atoms with Crippen LogP contribution in [-0.4, -0.2) is 39.2 Å². The summed E-state index contributed by atoms with van der Waals surface area (Å²) >= 11 is 0. The third-order valence-electron chi connectivity index (χ3n) is 6.77. The van der Waals surface area contributed by atoms with Gasteiger partial charge in [-0.3, -0.25) is 14.4 Å². The third-order valence-corrected chi connectivity index (χ3v) is 6.77. The summed E-state index contributed by atoms with van der Waals surface area (Å²) in [6.07, 6.45) is -0.985. The first-order valence-electron chi connectivity index (χ1n) is 11.7. The van der Waals surface area contributed by atoms with Gasteiger partial charge in [0.1, 0.15) is 12.0 Å². The standard InChI is InChI=1S/C28H28N2O6/c1-16-11-13-20(17(2)15-16)29-27(31)22-23(19-12-14-21(33-3)25(35-5)24(19)34-4)30(36-26(22)28(29)32)18-9-7-6-8-10-18/h6-15,22-23,26H,1-5H3/t22-,23-,26+/m1/s1. The Morgan fingerprint density at radius 2 is 1.53 bits per heavy atom. The fraction of sp³-hybridized carbons (Fsp3) is 0.286. The Kier molecular flexibility index (Phi) is 6.05. The van der Waals surface area contributed by atoms with Crippen LogP contribution >= 0.6 is 0 Å². The molecule has 2 fully saturated rings. The molecule has 8 heteroatoms. The molecule has 3 atom stereocenters. The molecule has 0 saturated carbocycles. The zero-order valence-electron chi connectivity index (χ0n) is 20.8. The van der Waals surface area contributed by atoms with E-state index in [1.807, 2.05) is 68.4 Å². The second-order valence-electron chi connectivity index (χ2n) is 8.88. The number of anilines is 2. The number of para-hydroxylation sites is 1. The van der Waals surface area contributed by atoms with Gasteiger partial charge in [0.2, 0.25) is 11.7 Å². The van der Waals surface area contributed by atoms with Crippen LogP contribution in [0.3, 0.4) is 0 Å². The predicted octanol–water partition coefficient (Wildman–Crippen LogP) is 4.38. The van der Waals surface area contributed by atoms with Crippen LogP contribution in [0.25, 0.3) is 0 Å². The van der Waals surface area contributed by atoms with Gasteiger partial charge in [-0.1, -0.05) is 35.9 Å². The van der Waals surface area contributed by atoms with Gasteiger partial charge >= 0.3 is 0 Å². The van der Waals surface area contributed by atoms with Gasteiger partial charge in [0.05, 0.1) is 32.7 Å². The molecule has 0 bridgehead atoms. The number of aryl methyl sites for hydroxylation is 2. The van der Waals surface area contributed by atoms with Gasteiger partial charge in [-0.15, -0.1) is 0 Å². The number of fused-ring (bicyclic) bond motifs is 1. The van der Waals surface area contributed by atoms with Gasteiger partial charge in [-0.25, -0.2) is 9.96 Å². The summed E-state index contributed by atoms with van der Waals surface area (Å²) in [6, 6.07) is 18.0. The van der Waals surface area contributed by atoms with Crippen LogP contribution in [0.5, 0.6) is 17.2 Å². The predicted molar refractivity (Wildman–Crippen MR) is 135 cm³/mol. The van der Waals surface area contributed by atoms with Gasteiger partial charge in [-0.2, -0.15) is 0 Å². The van der Waals surface area contributed by atoms with Crippen LogP contribution in [0.2, 0.25) is 0 Å². The number of hydrogen-bond acceptors (Lipinski definition) is 7. The Morgan fingerprint density at radius 3 is 2.17 bits per heavy atom. The molecule has 186 valence electrons. The van der Waals surface area contributed by atoms with Crippen molar-refractivity contribution in [3.63, 3.8) is 0 Å². The normalized spacial score (nSPS) is 21.1. The van der Waals surface area contributed by atoms with Crippen LogP contribution in [0.4, 0.5) is 11.4 Å². The van der Waals surface area contributed by atoms with E-state index in [-0.39, 0.29) is 11.8 Å². The number of ether oxygens (including phenoxy) is 3. The summed E-state index contributed by atoms with van der Waals surface area (Å²) in [6.45, 7) is 3.86. The molecule has 2 aliphatic rings. The lowest BCUT2D eigenvalue weighted by atomic mass is 9.89. The number of imide groups is 1. The van der Waals surface area contributed by atoms with E-state index in [0.29, 0.717) is 34.2 Å². The Balaban J connectivity index is 1.67. The van der Waals surface area contributed by atoms with Gasteiger partial charge in [0.15, 0.2) is 17.6 Å². The maximum absolute atomic E-state index is 14.0. The monoisotopic (exact) mass is 488 g/mol. The van der Waals surface area contributed by atoms with Crippen molar-refractivity contribution in [1.29, 1.82) is 0 Å². The first-order chi connectivity index (χ1) is 17.4. The average molecular weight is 489 g/mol. The van der Waals surface area contributed by atoms with E-state index < -0.39 is 18.1 Å². The maximum atomic E-state index is 14.0. The number of benzene rings is 3. The number of hydrogen-bond donors (Lipinski definition) is 0. The highest BCUT2D eigenvalue weighted by atomic mass is 16.7. The molecule has 0 aromatic heterocycles. The maximum Gasteiger partial charge on any atom is 0.266 e. The largest absolute Gasteiger partial charge is 0.493 e. The summed E-state index contributed by atoms with van der Waals surface area (Å²) in [5.74, 6) is -0.206. The number of nitrogens with zero attached hydrogens (tertiary/aromatic N) is 2. The van der Waals surface area contributed by atoms with Gasteiger partial charge in [0, 0.05) is 5.56 Å². The first kappa shape index (κ1) is 23.7. The number of methoxy groups -OCH3 is 3. The van der Waals surface area contributed by atoms with Crippen molar-refractivity contribution in [2.45, 2.75) is 26.0 Å².